The van der Waals surface area contributed by atoms with Gasteiger partial charge in [-0.15, -0.1) is 0 Å². The van der Waals surface area contributed by atoms with Crippen LogP contribution in [0.4, 0.5) is 8.78 Å². The molecule has 0 aliphatic heterocycles. The van der Waals surface area contributed by atoms with Crippen LogP contribution in [0.25, 0.3) is 28.3 Å². The Kier molecular flexibility index (Phi) is 3.85. The molecule has 4 heterocycles. The highest BCUT2D eigenvalue weighted by molar-refractivity contribution is 5.76. The minimum absolute atomic E-state index is 0.257. The highest BCUT2D eigenvalue weighted by Gasteiger charge is 2.19. The maximum atomic E-state index is 13.0. The third-order valence-corrected chi connectivity index (χ3v) is 3.85. The highest BCUT2D eigenvalue weighted by atomic mass is 19.3. The molecule has 4 aromatic rings. The summed E-state index contributed by atoms with van der Waals surface area (Å²) in [6.07, 6.45) is 3.44. The van der Waals surface area contributed by atoms with Gasteiger partial charge in [0.25, 0.3) is 6.43 Å². The smallest absolute Gasteiger partial charge is 0.256 e. The lowest BCUT2D eigenvalue weighted by molar-refractivity contribution is 0.127. The molecule has 0 aliphatic rings. The van der Waals surface area contributed by atoms with Crippen LogP contribution in [0.2, 0.25) is 0 Å². The molecule has 0 spiro atoms. The second-order valence-corrected chi connectivity index (χ2v) is 5.46. The van der Waals surface area contributed by atoms with Crippen molar-refractivity contribution < 1.29 is 8.78 Å². The highest BCUT2D eigenvalue weighted by Crippen LogP contribution is 2.30. The van der Waals surface area contributed by atoms with Gasteiger partial charge in [-0.1, -0.05) is 0 Å². The number of fused-ring (bicyclic) bond motifs is 1. The van der Waals surface area contributed by atoms with Crippen molar-refractivity contribution in [3.63, 3.8) is 0 Å². The predicted molar refractivity (Wildman–Crippen MR) is 88.2 cm³/mol. The second kappa shape index (κ2) is 6.33. The van der Waals surface area contributed by atoms with Gasteiger partial charge in [0, 0.05) is 18.0 Å². The molecule has 0 saturated carbocycles. The third kappa shape index (κ3) is 2.67. The van der Waals surface area contributed by atoms with Crippen molar-refractivity contribution in [2.75, 3.05) is 0 Å². The lowest BCUT2D eigenvalue weighted by Gasteiger charge is -2.10. The van der Waals surface area contributed by atoms with Gasteiger partial charge in [-0.3, -0.25) is 4.98 Å². The number of rotatable bonds is 4. The number of pyridine rings is 1. The fourth-order valence-corrected chi connectivity index (χ4v) is 2.73. The molecule has 0 aliphatic carbocycles. The van der Waals surface area contributed by atoms with Crippen molar-refractivity contribution in [2.45, 2.75) is 13.0 Å². The molecule has 0 atom stereocenters. The topological polar surface area (TPSA) is 84.7 Å². The van der Waals surface area contributed by atoms with Gasteiger partial charge in [0.05, 0.1) is 30.5 Å². The van der Waals surface area contributed by atoms with Crippen LogP contribution in [0.5, 0.6) is 0 Å². The van der Waals surface area contributed by atoms with E-state index in [0.717, 1.165) is 5.56 Å². The van der Waals surface area contributed by atoms with E-state index in [1.165, 1.54) is 21.6 Å². The molecule has 0 saturated heterocycles. The van der Waals surface area contributed by atoms with E-state index in [0.29, 0.717) is 22.7 Å². The molecule has 0 aromatic carbocycles. The summed E-state index contributed by atoms with van der Waals surface area (Å²) in [5.41, 5.74) is 2.85. The third-order valence-electron chi connectivity index (χ3n) is 3.85. The van der Waals surface area contributed by atoms with Crippen LogP contribution in [-0.2, 0) is 6.54 Å². The summed E-state index contributed by atoms with van der Waals surface area (Å²) in [7, 11) is 0. The largest absolute Gasteiger partial charge is 0.323 e. The van der Waals surface area contributed by atoms with Crippen LogP contribution >= 0.6 is 0 Å². The van der Waals surface area contributed by atoms with Crippen LogP contribution in [-0.4, -0.2) is 35.6 Å². The Morgan fingerprint density at radius 1 is 1.12 bits per heavy atom. The first-order valence-corrected chi connectivity index (χ1v) is 7.66. The molecule has 0 fully saturated rings. The van der Waals surface area contributed by atoms with Crippen molar-refractivity contribution in [2.24, 2.45) is 0 Å². The Morgan fingerprint density at radius 2 is 1.92 bits per heavy atom. The summed E-state index contributed by atoms with van der Waals surface area (Å²) in [6, 6.07) is 8.85. The fraction of sp³-hybridized carbons (Fsp3) is 0.118. The maximum absolute atomic E-state index is 13.0. The second-order valence-electron chi connectivity index (χ2n) is 5.46. The molecule has 4 rings (SSSR count). The molecule has 9 heteroatoms. The van der Waals surface area contributed by atoms with Crippen molar-refractivity contribution in [1.82, 2.24) is 29.1 Å². The van der Waals surface area contributed by atoms with Gasteiger partial charge in [0.2, 0.25) is 0 Å². The lowest BCUT2D eigenvalue weighted by atomic mass is 10.1. The molecule has 0 N–H and O–H groups in total. The minimum atomic E-state index is -2.54. The van der Waals surface area contributed by atoms with E-state index in [-0.39, 0.29) is 5.69 Å². The Balaban J connectivity index is 1.94. The van der Waals surface area contributed by atoms with Gasteiger partial charge in [0.1, 0.15) is 11.8 Å². The number of nitrogens with zero attached hydrogens (tertiary/aromatic N) is 7. The molecular weight excluding hydrogens is 340 g/mol. The summed E-state index contributed by atoms with van der Waals surface area (Å²) in [5, 5.41) is 13.6. The molecule has 0 bridgehead atoms. The summed E-state index contributed by atoms with van der Waals surface area (Å²) in [4.78, 5) is 12.4. The van der Waals surface area contributed by atoms with E-state index in [9.17, 15) is 14.0 Å². The van der Waals surface area contributed by atoms with Crippen LogP contribution in [0.3, 0.4) is 0 Å². The van der Waals surface area contributed by atoms with Crippen molar-refractivity contribution in [1.29, 1.82) is 5.26 Å². The number of halogens is 2. The molecule has 128 valence electrons. The van der Waals surface area contributed by atoms with Crippen LogP contribution < -0.4 is 0 Å². The van der Waals surface area contributed by atoms with E-state index in [1.807, 2.05) is 6.07 Å². The van der Waals surface area contributed by atoms with Crippen LogP contribution in [0.15, 0.2) is 49.2 Å². The zero-order chi connectivity index (χ0) is 18.1. The van der Waals surface area contributed by atoms with Crippen molar-refractivity contribution >= 4 is 5.65 Å². The average molecular weight is 351 g/mol. The Labute approximate surface area is 146 Å². The normalized spacial score (nSPS) is 11.2. The number of aromatic nitrogens is 6. The zero-order valence-electron chi connectivity index (χ0n) is 13.3. The molecule has 0 radical (unpaired) electrons. The Morgan fingerprint density at radius 3 is 2.65 bits per heavy atom. The van der Waals surface area contributed by atoms with Crippen molar-refractivity contribution in [3.05, 3.63) is 54.9 Å². The number of imidazole rings is 2. The maximum Gasteiger partial charge on any atom is 0.256 e. The average Bonchev–Trinajstić information content (AvgIpc) is 3.25. The predicted octanol–water partition coefficient (Wildman–Crippen LogP) is 2.79. The van der Waals surface area contributed by atoms with Crippen LogP contribution in [0, 0.1) is 11.3 Å². The van der Waals surface area contributed by atoms with Gasteiger partial charge >= 0.3 is 0 Å². The van der Waals surface area contributed by atoms with E-state index in [4.69, 9.17) is 0 Å². The SMILES string of the molecule is N#Cc1cnc2ccc(-c3c(-c4ccncc4)ncn3CC(F)F)nn12. The summed E-state index contributed by atoms with van der Waals surface area (Å²) in [6.45, 7) is -0.512. The summed E-state index contributed by atoms with van der Waals surface area (Å²) in [5.74, 6) is 0. The number of hydrogen-bond donors (Lipinski definition) is 0. The van der Waals surface area contributed by atoms with E-state index >= 15 is 0 Å². The van der Waals surface area contributed by atoms with Gasteiger partial charge < -0.3 is 4.57 Å². The molecule has 7 nitrogen and oxygen atoms in total. The summed E-state index contributed by atoms with van der Waals surface area (Å²) < 4.78 is 28.8. The van der Waals surface area contributed by atoms with Gasteiger partial charge in [-0.05, 0) is 24.3 Å². The number of alkyl halides is 2. The first kappa shape index (κ1) is 15.8. The Hall–Kier alpha value is -3.67. The molecule has 0 amide bonds. The first-order valence-electron chi connectivity index (χ1n) is 7.66. The monoisotopic (exact) mass is 351 g/mol. The zero-order valence-corrected chi connectivity index (χ0v) is 13.3. The lowest BCUT2D eigenvalue weighted by Crippen LogP contribution is -2.08. The van der Waals surface area contributed by atoms with Gasteiger partial charge in [-0.25, -0.2) is 23.3 Å². The summed E-state index contributed by atoms with van der Waals surface area (Å²) >= 11 is 0. The molecular formula is C17H11F2N7. The number of nitriles is 1. The standard InChI is InChI=1S/C17H11F2N7/c18-14(19)9-25-10-23-16(11-3-5-21-6-4-11)17(25)13-1-2-15-22-8-12(7-20)26(15)24-13/h1-6,8,10,14H,9H2. The van der Waals surface area contributed by atoms with Gasteiger partial charge in [-0.2, -0.15) is 10.4 Å². The molecule has 4 aromatic heterocycles. The molecule has 26 heavy (non-hydrogen) atoms. The van der Waals surface area contributed by atoms with Crippen LogP contribution in [0.1, 0.15) is 5.69 Å². The first-order chi connectivity index (χ1) is 12.7. The van der Waals surface area contributed by atoms with E-state index in [1.54, 1.807) is 36.7 Å². The minimum Gasteiger partial charge on any atom is -0.323 e. The Bertz CT molecular complexity index is 1110. The van der Waals surface area contributed by atoms with E-state index in [2.05, 4.69) is 20.1 Å². The van der Waals surface area contributed by atoms with Gasteiger partial charge in [0.15, 0.2) is 11.3 Å². The fourth-order valence-electron chi connectivity index (χ4n) is 2.73. The quantitative estimate of drug-likeness (QED) is 0.564. The van der Waals surface area contributed by atoms with E-state index < -0.39 is 13.0 Å². The van der Waals surface area contributed by atoms with Crippen molar-refractivity contribution in [3.8, 4) is 28.7 Å². The molecule has 0 unspecified atom stereocenters. The number of hydrogen-bond acceptors (Lipinski definition) is 5.